The maximum absolute atomic E-state index is 11.8. The molecule has 0 unspecified atom stereocenters. The van der Waals surface area contributed by atoms with Crippen LogP contribution in [-0.4, -0.2) is 16.0 Å². The van der Waals surface area contributed by atoms with Crippen molar-refractivity contribution in [2.24, 2.45) is 5.92 Å². The highest BCUT2D eigenvalue weighted by Crippen LogP contribution is 2.26. The molecule has 2 aromatic rings. The molecular weight excluding hydrogens is 300 g/mol. The third-order valence-corrected chi connectivity index (χ3v) is 3.98. The van der Waals surface area contributed by atoms with Gasteiger partial charge >= 0.3 is 5.97 Å². The van der Waals surface area contributed by atoms with Crippen molar-refractivity contribution in [3.05, 3.63) is 46.2 Å². The third kappa shape index (κ3) is 3.56. The van der Waals surface area contributed by atoms with Crippen LogP contribution in [0.25, 0.3) is 11.3 Å². The van der Waals surface area contributed by atoms with Gasteiger partial charge in [-0.3, -0.25) is 14.9 Å². The molecule has 1 saturated carbocycles. The van der Waals surface area contributed by atoms with Gasteiger partial charge in [0.2, 0.25) is 0 Å². The van der Waals surface area contributed by atoms with Gasteiger partial charge < -0.3 is 9.26 Å². The first-order valence-corrected chi connectivity index (χ1v) is 7.50. The molecule has 0 bridgehead atoms. The Bertz CT molecular complexity index is 702. The lowest BCUT2D eigenvalue weighted by atomic mass is 10.1. The van der Waals surface area contributed by atoms with Crippen LogP contribution in [0.3, 0.4) is 0 Å². The first-order valence-electron chi connectivity index (χ1n) is 7.50. The van der Waals surface area contributed by atoms with Crippen molar-refractivity contribution in [2.45, 2.75) is 32.3 Å². The van der Waals surface area contributed by atoms with Gasteiger partial charge in [-0.25, -0.2) is 0 Å². The van der Waals surface area contributed by atoms with E-state index in [0.717, 1.165) is 25.7 Å². The normalized spacial score (nSPS) is 14.8. The van der Waals surface area contributed by atoms with Crippen LogP contribution in [0.4, 0.5) is 5.69 Å². The van der Waals surface area contributed by atoms with Gasteiger partial charge in [-0.05, 0) is 25.0 Å². The van der Waals surface area contributed by atoms with E-state index in [-0.39, 0.29) is 24.2 Å². The first kappa shape index (κ1) is 15.2. The smallest absolute Gasteiger partial charge is 0.309 e. The van der Waals surface area contributed by atoms with E-state index >= 15 is 0 Å². The van der Waals surface area contributed by atoms with E-state index in [4.69, 9.17) is 9.26 Å². The number of nitro groups is 1. The van der Waals surface area contributed by atoms with Gasteiger partial charge in [0.15, 0.2) is 12.4 Å². The van der Waals surface area contributed by atoms with Crippen molar-refractivity contribution in [1.82, 2.24) is 5.16 Å². The molecule has 3 rings (SSSR count). The maximum Gasteiger partial charge on any atom is 0.309 e. The Morgan fingerprint density at radius 1 is 1.30 bits per heavy atom. The highest BCUT2D eigenvalue weighted by Gasteiger charge is 2.24. The summed E-state index contributed by atoms with van der Waals surface area (Å²) in [6.07, 6.45) is 3.94. The molecule has 1 fully saturated rings. The zero-order chi connectivity index (χ0) is 16.2. The topological polar surface area (TPSA) is 95.5 Å². The van der Waals surface area contributed by atoms with E-state index in [1.807, 2.05) is 0 Å². The van der Waals surface area contributed by atoms with Gasteiger partial charge in [0.05, 0.1) is 10.8 Å². The van der Waals surface area contributed by atoms with Crippen LogP contribution >= 0.6 is 0 Å². The molecule has 1 aliphatic carbocycles. The van der Waals surface area contributed by atoms with Gasteiger partial charge in [-0.2, -0.15) is 0 Å². The van der Waals surface area contributed by atoms with Crippen LogP contribution < -0.4 is 0 Å². The Labute approximate surface area is 132 Å². The lowest BCUT2D eigenvalue weighted by Gasteiger charge is -2.07. The van der Waals surface area contributed by atoms with Gasteiger partial charge in [0.1, 0.15) is 5.69 Å². The summed E-state index contributed by atoms with van der Waals surface area (Å²) in [7, 11) is 0. The summed E-state index contributed by atoms with van der Waals surface area (Å²) < 4.78 is 10.4. The maximum atomic E-state index is 11.8. The zero-order valence-electron chi connectivity index (χ0n) is 12.4. The average Bonchev–Trinajstić information content (AvgIpc) is 3.24. The molecule has 23 heavy (non-hydrogen) atoms. The number of aromatic nitrogens is 1. The fourth-order valence-electron chi connectivity index (χ4n) is 2.69. The molecule has 0 aliphatic heterocycles. The molecule has 0 saturated heterocycles. The second kappa shape index (κ2) is 6.60. The number of nitro benzene ring substituents is 1. The third-order valence-electron chi connectivity index (χ3n) is 3.98. The van der Waals surface area contributed by atoms with E-state index in [9.17, 15) is 14.9 Å². The van der Waals surface area contributed by atoms with Gasteiger partial charge in [0.25, 0.3) is 5.69 Å². The minimum absolute atomic E-state index is 0.00654. The average molecular weight is 316 g/mol. The minimum atomic E-state index is -0.458. The number of carbonyl (C=O) groups excluding carboxylic acids is 1. The number of non-ortho nitro benzene ring substituents is 1. The SMILES string of the molecule is O=C(OCc1cc(-c2ccc([N+](=O)[O-])cc2)no1)C1CCCC1. The van der Waals surface area contributed by atoms with Crippen molar-refractivity contribution in [3.63, 3.8) is 0 Å². The van der Waals surface area contributed by atoms with Crippen LogP contribution in [0.1, 0.15) is 31.4 Å². The summed E-state index contributed by atoms with van der Waals surface area (Å²) in [6, 6.07) is 7.69. The number of hydrogen-bond acceptors (Lipinski definition) is 6. The first-order chi connectivity index (χ1) is 11.1. The number of rotatable bonds is 5. The second-order valence-corrected chi connectivity index (χ2v) is 5.57. The summed E-state index contributed by atoms with van der Waals surface area (Å²) in [5, 5.41) is 14.5. The Balaban J connectivity index is 1.61. The molecule has 120 valence electrons. The van der Waals surface area contributed by atoms with Crippen molar-refractivity contribution in [3.8, 4) is 11.3 Å². The molecule has 1 aliphatic rings. The zero-order valence-corrected chi connectivity index (χ0v) is 12.4. The van der Waals surface area contributed by atoms with Crippen LogP contribution in [0.5, 0.6) is 0 Å². The molecule has 0 radical (unpaired) electrons. The van der Waals surface area contributed by atoms with Crippen LogP contribution in [0.15, 0.2) is 34.9 Å². The second-order valence-electron chi connectivity index (χ2n) is 5.57. The highest BCUT2D eigenvalue weighted by molar-refractivity contribution is 5.72. The van der Waals surface area contributed by atoms with Crippen molar-refractivity contribution in [1.29, 1.82) is 0 Å². The molecule has 0 spiro atoms. The van der Waals surface area contributed by atoms with E-state index in [1.165, 1.54) is 12.1 Å². The molecule has 0 amide bonds. The molecule has 0 atom stereocenters. The van der Waals surface area contributed by atoms with Crippen molar-refractivity contribution >= 4 is 11.7 Å². The van der Waals surface area contributed by atoms with E-state index in [0.29, 0.717) is 17.0 Å². The quantitative estimate of drug-likeness (QED) is 0.476. The van der Waals surface area contributed by atoms with Gasteiger partial charge in [0, 0.05) is 23.8 Å². The number of nitrogens with zero attached hydrogens (tertiary/aromatic N) is 2. The lowest BCUT2D eigenvalue weighted by Crippen LogP contribution is -2.14. The Morgan fingerprint density at radius 2 is 2.00 bits per heavy atom. The number of benzene rings is 1. The van der Waals surface area contributed by atoms with Gasteiger partial charge in [-0.1, -0.05) is 18.0 Å². The summed E-state index contributed by atoms with van der Waals surface area (Å²) >= 11 is 0. The minimum Gasteiger partial charge on any atom is -0.457 e. The largest absolute Gasteiger partial charge is 0.457 e. The Kier molecular flexibility index (Phi) is 4.36. The molecule has 7 heteroatoms. The summed E-state index contributed by atoms with van der Waals surface area (Å²) in [5.74, 6) is 0.271. The predicted octanol–water partition coefficient (Wildman–Crippen LogP) is 3.48. The number of ether oxygens (including phenoxy) is 1. The van der Waals surface area contributed by atoms with Crippen molar-refractivity contribution in [2.75, 3.05) is 0 Å². The Morgan fingerprint density at radius 3 is 2.65 bits per heavy atom. The molecule has 7 nitrogen and oxygen atoms in total. The van der Waals surface area contributed by atoms with E-state index in [1.54, 1.807) is 18.2 Å². The Hall–Kier alpha value is -2.70. The van der Waals surface area contributed by atoms with Gasteiger partial charge in [-0.15, -0.1) is 0 Å². The molecule has 1 heterocycles. The highest BCUT2D eigenvalue weighted by atomic mass is 16.6. The molecule has 0 N–H and O–H groups in total. The van der Waals surface area contributed by atoms with E-state index in [2.05, 4.69) is 5.16 Å². The van der Waals surface area contributed by atoms with Crippen molar-refractivity contribution < 1.29 is 19.0 Å². The summed E-state index contributed by atoms with van der Waals surface area (Å²) in [4.78, 5) is 22.0. The lowest BCUT2D eigenvalue weighted by molar-refractivity contribution is -0.384. The van der Waals surface area contributed by atoms with E-state index < -0.39 is 4.92 Å². The van der Waals surface area contributed by atoms with Crippen LogP contribution in [0, 0.1) is 16.0 Å². The fourth-order valence-corrected chi connectivity index (χ4v) is 2.69. The summed E-state index contributed by atoms with van der Waals surface area (Å²) in [6.45, 7) is 0.0509. The number of carbonyl (C=O) groups is 1. The standard InChI is InChI=1S/C16H16N2O5/c19-16(12-3-1-2-4-12)22-10-14-9-15(17-23-14)11-5-7-13(8-6-11)18(20)21/h5-9,12H,1-4,10H2. The monoisotopic (exact) mass is 316 g/mol. The van der Waals surface area contributed by atoms with Crippen LogP contribution in [0.2, 0.25) is 0 Å². The van der Waals surface area contributed by atoms with Crippen LogP contribution in [-0.2, 0) is 16.1 Å². The predicted molar refractivity (Wildman–Crippen MR) is 80.3 cm³/mol. The molecule has 1 aromatic heterocycles. The number of hydrogen-bond donors (Lipinski definition) is 0. The fraction of sp³-hybridized carbons (Fsp3) is 0.375. The molecular formula is C16H16N2O5. The number of esters is 1. The molecule has 1 aromatic carbocycles. The summed E-state index contributed by atoms with van der Waals surface area (Å²) in [5.41, 5.74) is 1.27.